The average molecular weight is 272 g/mol. The van der Waals surface area contributed by atoms with E-state index in [1.165, 1.54) is 31.3 Å². The monoisotopic (exact) mass is 272 g/mol. The van der Waals surface area contributed by atoms with Crippen LogP contribution in [0.2, 0.25) is 0 Å². The van der Waals surface area contributed by atoms with Crippen molar-refractivity contribution in [2.75, 3.05) is 0 Å². The van der Waals surface area contributed by atoms with Gasteiger partial charge in [-0.25, -0.2) is 0 Å². The number of carbonyl (C=O) groups is 1. The number of carbonyl (C=O) groups excluding carboxylic acids is 1. The fourth-order valence-electron chi connectivity index (χ4n) is 5.82. The Labute approximate surface area is 120 Å². The Balaban J connectivity index is 1.68. The van der Waals surface area contributed by atoms with Crippen LogP contribution in [0.5, 0.6) is 0 Å². The summed E-state index contributed by atoms with van der Waals surface area (Å²) < 4.78 is 0. The highest BCUT2D eigenvalue weighted by Gasteiger charge is 2.53. The molecule has 1 N–H and O–H groups in total. The van der Waals surface area contributed by atoms with Crippen LogP contribution in [0, 0.1) is 29.1 Å². The molecule has 4 aliphatic rings. The Bertz CT molecular complexity index is 504. The second-order valence-corrected chi connectivity index (χ2v) is 7.55. The van der Waals surface area contributed by atoms with Crippen molar-refractivity contribution >= 4 is 5.78 Å². The van der Waals surface area contributed by atoms with Crippen molar-refractivity contribution in [2.24, 2.45) is 29.1 Å². The first-order valence-corrected chi connectivity index (χ1v) is 8.22. The van der Waals surface area contributed by atoms with Gasteiger partial charge in [-0.15, -0.1) is 0 Å². The standard InChI is InChI=1S/C18H24O2/c1-18-9-8-12(19)10-11(18)2-3-14-13-5-7-17(20)15(13)4-6-16(14)18/h8-10,13-17,20H,2-7H2,1H3. The van der Waals surface area contributed by atoms with E-state index in [-0.39, 0.29) is 17.3 Å². The van der Waals surface area contributed by atoms with E-state index in [9.17, 15) is 9.90 Å². The van der Waals surface area contributed by atoms with Crippen molar-refractivity contribution in [3.63, 3.8) is 0 Å². The van der Waals surface area contributed by atoms with Gasteiger partial charge in [0, 0.05) is 5.41 Å². The SMILES string of the molecule is CC12C=CC(=O)C=C1CCC1C3CCC(O)C3CCC12. The van der Waals surface area contributed by atoms with Gasteiger partial charge in [0.1, 0.15) is 0 Å². The molecule has 4 aliphatic carbocycles. The van der Waals surface area contributed by atoms with Gasteiger partial charge in [-0.3, -0.25) is 4.79 Å². The Morgan fingerprint density at radius 1 is 1.10 bits per heavy atom. The molecule has 4 rings (SSSR count). The lowest BCUT2D eigenvalue weighted by molar-refractivity contribution is -0.111. The summed E-state index contributed by atoms with van der Waals surface area (Å²) in [5.41, 5.74) is 1.47. The largest absolute Gasteiger partial charge is 0.393 e. The molecule has 6 atom stereocenters. The maximum Gasteiger partial charge on any atom is 0.178 e. The summed E-state index contributed by atoms with van der Waals surface area (Å²) in [6.07, 6.45) is 12.7. The molecule has 0 heterocycles. The second kappa shape index (κ2) is 4.30. The fourth-order valence-corrected chi connectivity index (χ4v) is 5.82. The number of aliphatic hydroxyl groups is 1. The smallest absolute Gasteiger partial charge is 0.178 e. The average Bonchev–Trinajstić information content (AvgIpc) is 2.82. The Morgan fingerprint density at radius 2 is 1.90 bits per heavy atom. The Morgan fingerprint density at radius 3 is 2.75 bits per heavy atom. The summed E-state index contributed by atoms with van der Waals surface area (Å²) in [5.74, 6) is 2.89. The number of hydrogen-bond donors (Lipinski definition) is 1. The van der Waals surface area contributed by atoms with Crippen LogP contribution < -0.4 is 0 Å². The van der Waals surface area contributed by atoms with Gasteiger partial charge >= 0.3 is 0 Å². The number of allylic oxidation sites excluding steroid dienone is 4. The molecule has 6 unspecified atom stereocenters. The summed E-state index contributed by atoms with van der Waals surface area (Å²) in [4.78, 5) is 11.6. The molecule has 0 radical (unpaired) electrons. The van der Waals surface area contributed by atoms with Crippen LogP contribution in [0.25, 0.3) is 0 Å². The summed E-state index contributed by atoms with van der Waals surface area (Å²) in [6, 6.07) is 0. The fraction of sp³-hybridized carbons (Fsp3) is 0.722. The van der Waals surface area contributed by atoms with Crippen molar-refractivity contribution in [1.29, 1.82) is 0 Å². The third kappa shape index (κ3) is 1.64. The highest BCUT2D eigenvalue weighted by atomic mass is 16.3. The zero-order valence-electron chi connectivity index (χ0n) is 12.2. The second-order valence-electron chi connectivity index (χ2n) is 7.55. The van der Waals surface area contributed by atoms with Crippen LogP contribution in [0.1, 0.15) is 45.4 Å². The molecule has 2 heteroatoms. The van der Waals surface area contributed by atoms with Gasteiger partial charge in [0.05, 0.1) is 6.10 Å². The van der Waals surface area contributed by atoms with Crippen LogP contribution >= 0.6 is 0 Å². The van der Waals surface area contributed by atoms with Gasteiger partial charge in [-0.2, -0.15) is 0 Å². The quantitative estimate of drug-likeness (QED) is 0.735. The van der Waals surface area contributed by atoms with Crippen molar-refractivity contribution < 1.29 is 9.90 Å². The number of ketones is 1. The molecule has 0 spiro atoms. The summed E-state index contributed by atoms with van der Waals surface area (Å²) in [7, 11) is 0. The zero-order valence-corrected chi connectivity index (χ0v) is 12.2. The molecule has 0 aromatic rings. The molecule has 0 aliphatic heterocycles. The van der Waals surface area contributed by atoms with Crippen LogP contribution in [0.4, 0.5) is 0 Å². The Kier molecular flexibility index (Phi) is 2.76. The van der Waals surface area contributed by atoms with E-state index in [2.05, 4.69) is 13.0 Å². The molecule has 3 fully saturated rings. The lowest BCUT2D eigenvalue weighted by Crippen LogP contribution is -2.46. The van der Waals surface area contributed by atoms with Gasteiger partial charge in [0.2, 0.25) is 0 Å². The van der Waals surface area contributed by atoms with E-state index in [4.69, 9.17) is 0 Å². The van der Waals surface area contributed by atoms with Gasteiger partial charge in [-0.1, -0.05) is 18.6 Å². The van der Waals surface area contributed by atoms with E-state index in [1.54, 1.807) is 6.08 Å². The van der Waals surface area contributed by atoms with E-state index >= 15 is 0 Å². The van der Waals surface area contributed by atoms with Crippen molar-refractivity contribution in [3.05, 3.63) is 23.8 Å². The minimum absolute atomic E-state index is 0.0471. The number of fused-ring (bicyclic) bond motifs is 5. The van der Waals surface area contributed by atoms with Gasteiger partial charge in [0.15, 0.2) is 5.78 Å². The first kappa shape index (κ1) is 12.8. The maximum absolute atomic E-state index is 11.6. The zero-order chi connectivity index (χ0) is 13.9. The van der Waals surface area contributed by atoms with E-state index in [0.717, 1.165) is 24.7 Å². The van der Waals surface area contributed by atoms with Gasteiger partial charge < -0.3 is 5.11 Å². The minimum Gasteiger partial charge on any atom is -0.393 e. The molecular formula is C18H24O2. The highest BCUT2D eigenvalue weighted by Crippen LogP contribution is 2.60. The van der Waals surface area contributed by atoms with Gasteiger partial charge in [-0.05, 0) is 74.3 Å². The van der Waals surface area contributed by atoms with Crippen molar-refractivity contribution in [2.45, 2.75) is 51.6 Å². The van der Waals surface area contributed by atoms with Crippen LogP contribution in [0.3, 0.4) is 0 Å². The number of hydrogen-bond acceptors (Lipinski definition) is 2. The molecule has 0 saturated heterocycles. The van der Waals surface area contributed by atoms with Crippen molar-refractivity contribution in [1.82, 2.24) is 0 Å². The predicted molar refractivity (Wildman–Crippen MR) is 78.0 cm³/mol. The first-order valence-electron chi connectivity index (χ1n) is 8.22. The number of aliphatic hydroxyl groups excluding tert-OH is 1. The lowest BCUT2D eigenvalue weighted by atomic mass is 9.51. The topological polar surface area (TPSA) is 37.3 Å². The van der Waals surface area contributed by atoms with Crippen LogP contribution in [-0.2, 0) is 4.79 Å². The Hall–Kier alpha value is -0.890. The predicted octanol–water partition coefficient (Wildman–Crippen LogP) is 3.27. The lowest BCUT2D eigenvalue weighted by Gasteiger charge is -2.53. The van der Waals surface area contributed by atoms with E-state index < -0.39 is 0 Å². The third-order valence-corrected chi connectivity index (χ3v) is 6.84. The molecule has 0 aromatic heterocycles. The first-order chi connectivity index (χ1) is 9.59. The van der Waals surface area contributed by atoms with Crippen LogP contribution in [0.15, 0.2) is 23.8 Å². The molecule has 20 heavy (non-hydrogen) atoms. The molecular weight excluding hydrogens is 248 g/mol. The number of rotatable bonds is 0. The van der Waals surface area contributed by atoms with E-state index in [1.807, 2.05) is 6.08 Å². The summed E-state index contributed by atoms with van der Waals surface area (Å²) in [6.45, 7) is 2.34. The summed E-state index contributed by atoms with van der Waals surface area (Å²) >= 11 is 0. The summed E-state index contributed by atoms with van der Waals surface area (Å²) in [5, 5.41) is 10.2. The minimum atomic E-state index is -0.0471. The van der Waals surface area contributed by atoms with E-state index in [0.29, 0.717) is 11.8 Å². The normalized spacial score (nSPS) is 50.2. The molecule has 108 valence electrons. The molecule has 0 bridgehead atoms. The molecule has 0 amide bonds. The maximum atomic E-state index is 11.6. The van der Waals surface area contributed by atoms with Crippen LogP contribution in [-0.4, -0.2) is 17.0 Å². The molecule has 0 aromatic carbocycles. The van der Waals surface area contributed by atoms with Gasteiger partial charge in [0.25, 0.3) is 0 Å². The third-order valence-electron chi connectivity index (χ3n) is 6.84. The molecule has 3 saturated carbocycles. The highest BCUT2D eigenvalue weighted by molar-refractivity contribution is 6.01. The van der Waals surface area contributed by atoms with Crippen molar-refractivity contribution in [3.8, 4) is 0 Å². The molecule has 2 nitrogen and oxygen atoms in total.